The molecule has 0 saturated carbocycles. The molecule has 0 saturated heterocycles. The van der Waals surface area contributed by atoms with Crippen LogP contribution in [0.1, 0.15) is 11.1 Å². The zero-order chi connectivity index (χ0) is 15.5. The van der Waals surface area contributed by atoms with Crippen LogP contribution in [0.4, 0.5) is 0 Å². The number of aromatic nitrogens is 2. The van der Waals surface area contributed by atoms with Gasteiger partial charge in [0, 0.05) is 18.1 Å². The molecule has 0 spiro atoms. The Bertz CT molecular complexity index is 874. The van der Waals surface area contributed by atoms with Gasteiger partial charge in [-0.1, -0.05) is 48.0 Å². The van der Waals surface area contributed by atoms with Gasteiger partial charge in [-0.05, 0) is 31.0 Å². The number of aryl methyl sites for hydroxylation is 2. The van der Waals surface area contributed by atoms with E-state index in [9.17, 15) is 9.59 Å². The van der Waals surface area contributed by atoms with Gasteiger partial charge < -0.3 is 0 Å². The monoisotopic (exact) mass is 312 g/mol. The van der Waals surface area contributed by atoms with E-state index in [1.807, 2.05) is 61.5 Å². The molecule has 22 heavy (non-hydrogen) atoms. The highest BCUT2D eigenvalue weighted by Crippen LogP contribution is 2.08. The van der Waals surface area contributed by atoms with Crippen LogP contribution in [0.3, 0.4) is 0 Å². The van der Waals surface area contributed by atoms with Crippen molar-refractivity contribution >= 4 is 11.5 Å². The van der Waals surface area contributed by atoms with Crippen molar-refractivity contribution in [1.29, 1.82) is 0 Å². The highest BCUT2D eigenvalue weighted by Gasteiger charge is 2.11. The molecule has 0 aliphatic carbocycles. The number of hydrogen-bond acceptors (Lipinski definition) is 3. The molecule has 0 aliphatic rings. The van der Waals surface area contributed by atoms with Gasteiger partial charge in [-0.15, -0.1) is 0 Å². The molecule has 3 rings (SSSR count). The van der Waals surface area contributed by atoms with E-state index in [4.69, 9.17) is 0 Å². The van der Waals surface area contributed by atoms with E-state index < -0.39 is 0 Å². The van der Waals surface area contributed by atoms with Crippen LogP contribution in [0.15, 0.2) is 64.2 Å². The molecular weight excluding hydrogens is 296 g/mol. The van der Waals surface area contributed by atoms with E-state index in [0.717, 1.165) is 28.3 Å². The summed E-state index contributed by atoms with van der Waals surface area (Å²) in [6, 6.07) is 17.4. The third kappa shape index (κ3) is 2.94. The Morgan fingerprint density at radius 3 is 2.32 bits per heavy atom. The minimum absolute atomic E-state index is 0.221. The average Bonchev–Trinajstić information content (AvgIpc) is 2.82. The predicted octanol–water partition coefficient (Wildman–Crippen LogP) is 2.61. The summed E-state index contributed by atoms with van der Waals surface area (Å²) in [6.45, 7) is 2.39. The fourth-order valence-corrected chi connectivity index (χ4v) is 3.10. The largest absolute Gasteiger partial charge is 0.345 e. The van der Waals surface area contributed by atoms with Crippen LogP contribution in [0.2, 0.25) is 0 Å². The van der Waals surface area contributed by atoms with E-state index in [1.54, 1.807) is 0 Å². The van der Waals surface area contributed by atoms with Crippen LogP contribution in [0.5, 0.6) is 0 Å². The first-order chi connectivity index (χ1) is 10.6. The molecule has 0 fully saturated rings. The lowest BCUT2D eigenvalue weighted by Crippen LogP contribution is -2.29. The van der Waals surface area contributed by atoms with Crippen LogP contribution < -0.4 is 10.6 Å². The smallest absolute Gasteiger partial charge is 0.255 e. The molecular formula is C17H16N2O2S. The first kappa shape index (κ1) is 14.5. The van der Waals surface area contributed by atoms with Crippen molar-refractivity contribution in [1.82, 2.24) is 8.52 Å². The lowest BCUT2D eigenvalue weighted by molar-refractivity contribution is 0.645. The number of nitrogens with zero attached hydrogens (tertiary/aromatic N) is 2. The van der Waals surface area contributed by atoms with Gasteiger partial charge in [-0.25, -0.2) is 13.3 Å². The molecule has 0 radical (unpaired) electrons. The SMILES string of the molecule is Cc1ccc(-n2sc(=O)n(CCc3ccccc3)c2=O)cc1. The molecule has 1 aromatic heterocycles. The van der Waals surface area contributed by atoms with Crippen molar-refractivity contribution in [3.8, 4) is 5.69 Å². The minimum Gasteiger partial charge on any atom is -0.255 e. The molecule has 0 unspecified atom stereocenters. The predicted molar refractivity (Wildman–Crippen MR) is 89.1 cm³/mol. The van der Waals surface area contributed by atoms with Gasteiger partial charge in [0.1, 0.15) is 0 Å². The van der Waals surface area contributed by atoms with E-state index in [2.05, 4.69) is 0 Å². The normalized spacial score (nSPS) is 10.8. The molecule has 4 nitrogen and oxygen atoms in total. The molecule has 0 aliphatic heterocycles. The highest BCUT2D eigenvalue weighted by atomic mass is 32.1. The van der Waals surface area contributed by atoms with Crippen molar-refractivity contribution in [3.05, 3.63) is 85.9 Å². The summed E-state index contributed by atoms with van der Waals surface area (Å²) >= 11 is 0.947. The molecule has 0 amide bonds. The van der Waals surface area contributed by atoms with Gasteiger partial charge in [0.2, 0.25) is 0 Å². The summed E-state index contributed by atoms with van der Waals surface area (Å²) in [5, 5.41) is 0. The Kier molecular flexibility index (Phi) is 4.06. The number of rotatable bonds is 4. The summed E-state index contributed by atoms with van der Waals surface area (Å²) in [5.74, 6) is 0. The third-order valence-corrected chi connectivity index (χ3v) is 4.46. The van der Waals surface area contributed by atoms with Crippen LogP contribution in [-0.2, 0) is 13.0 Å². The van der Waals surface area contributed by atoms with Crippen LogP contribution >= 0.6 is 11.5 Å². The molecule has 112 valence electrons. The average molecular weight is 312 g/mol. The summed E-state index contributed by atoms with van der Waals surface area (Å²) in [6.07, 6.45) is 0.667. The van der Waals surface area contributed by atoms with Gasteiger partial charge >= 0.3 is 10.6 Å². The topological polar surface area (TPSA) is 44.0 Å². The summed E-state index contributed by atoms with van der Waals surface area (Å²) in [5.41, 5.74) is 2.69. The second-order valence-electron chi connectivity index (χ2n) is 5.16. The van der Waals surface area contributed by atoms with Gasteiger partial charge in [0.05, 0.1) is 5.69 Å². The standard InChI is InChI=1S/C17H16N2O2S/c1-13-7-9-15(10-8-13)19-16(20)18(17(21)22-19)12-11-14-5-3-2-4-6-14/h2-10H,11-12H2,1H3. The van der Waals surface area contributed by atoms with Gasteiger partial charge in [0.25, 0.3) is 0 Å². The van der Waals surface area contributed by atoms with Crippen LogP contribution in [0, 0.1) is 6.92 Å². The maximum atomic E-state index is 12.4. The molecule has 0 N–H and O–H groups in total. The number of hydrogen-bond donors (Lipinski definition) is 0. The molecule has 2 aromatic carbocycles. The van der Waals surface area contributed by atoms with Crippen molar-refractivity contribution < 1.29 is 0 Å². The lowest BCUT2D eigenvalue weighted by atomic mass is 10.1. The van der Waals surface area contributed by atoms with Crippen molar-refractivity contribution in [3.63, 3.8) is 0 Å². The second-order valence-corrected chi connectivity index (χ2v) is 6.05. The number of benzene rings is 2. The minimum atomic E-state index is -0.269. The first-order valence-corrected chi connectivity index (χ1v) is 7.86. The quantitative estimate of drug-likeness (QED) is 0.743. The van der Waals surface area contributed by atoms with Crippen molar-refractivity contribution in [2.45, 2.75) is 19.9 Å². The highest BCUT2D eigenvalue weighted by molar-refractivity contribution is 7.03. The second kappa shape index (κ2) is 6.15. The Hall–Kier alpha value is -2.40. The molecule has 5 heteroatoms. The summed E-state index contributed by atoms with van der Waals surface area (Å²) in [4.78, 5) is 24.3. The summed E-state index contributed by atoms with van der Waals surface area (Å²) < 4.78 is 2.75. The van der Waals surface area contributed by atoms with Crippen LogP contribution in [-0.4, -0.2) is 8.52 Å². The Balaban J connectivity index is 1.89. The Morgan fingerprint density at radius 1 is 0.955 bits per heavy atom. The van der Waals surface area contributed by atoms with E-state index >= 15 is 0 Å². The Labute approximate surface area is 132 Å². The van der Waals surface area contributed by atoms with Crippen LogP contribution in [0.25, 0.3) is 5.69 Å². The van der Waals surface area contributed by atoms with E-state index in [1.165, 1.54) is 8.52 Å². The zero-order valence-electron chi connectivity index (χ0n) is 12.2. The molecule has 3 aromatic rings. The van der Waals surface area contributed by atoms with Gasteiger partial charge in [0.15, 0.2) is 0 Å². The maximum Gasteiger partial charge on any atom is 0.345 e. The first-order valence-electron chi connectivity index (χ1n) is 7.09. The van der Waals surface area contributed by atoms with Gasteiger partial charge in [-0.3, -0.25) is 4.79 Å². The van der Waals surface area contributed by atoms with E-state index in [0.29, 0.717) is 13.0 Å². The zero-order valence-corrected chi connectivity index (χ0v) is 13.0. The summed E-state index contributed by atoms with van der Waals surface area (Å²) in [7, 11) is 0. The third-order valence-electron chi connectivity index (χ3n) is 3.53. The van der Waals surface area contributed by atoms with Crippen molar-refractivity contribution in [2.75, 3.05) is 0 Å². The maximum absolute atomic E-state index is 12.4. The van der Waals surface area contributed by atoms with Crippen molar-refractivity contribution in [2.24, 2.45) is 0 Å². The fourth-order valence-electron chi connectivity index (χ4n) is 2.27. The molecule has 0 bridgehead atoms. The fraction of sp³-hybridized carbons (Fsp3) is 0.176. The molecule has 0 atom stereocenters. The molecule has 1 heterocycles. The van der Waals surface area contributed by atoms with E-state index in [-0.39, 0.29) is 10.6 Å². The van der Waals surface area contributed by atoms with Gasteiger partial charge in [-0.2, -0.15) is 0 Å². The lowest BCUT2D eigenvalue weighted by Gasteiger charge is -2.02. The Morgan fingerprint density at radius 2 is 1.64 bits per heavy atom.